The molecule has 1 aliphatic carbocycles. The molecular weight excluding hydrogens is 211 g/mol. The van der Waals surface area contributed by atoms with Gasteiger partial charge >= 0.3 is 0 Å². The Morgan fingerprint density at radius 2 is 2.27 bits per heavy atom. The van der Waals surface area contributed by atoms with E-state index in [0.29, 0.717) is 6.29 Å². The number of hydrogen-bond acceptors (Lipinski definition) is 2. The summed E-state index contributed by atoms with van der Waals surface area (Å²) >= 11 is 1.58. The summed E-state index contributed by atoms with van der Waals surface area (Å²) in [6.45, 7) is 1.91. The number of allylic oxidation sites excluding steroid dienone is 4. The van der Waals surface area contributed by atoms with E-state index in [-0.39, 0.29) is 0 Å². The van der Waals surface area contributed by atoms with Crippen molar-refractivity contribution >= 4 is 23.2 Å². The van der Waals surface area contributed by atoms with E-state index in [1.165, 1.54) is 6.08 Å². The molecule has 1 aromatic heterocycles. The first-order valence-electron chi connectivity index (χ1n) is 4.75. The molecule has 3 heteroatoms. The molecule has 0 amide bonds. The Bertz CT molecular complexity index is 417. The lowest BCUT2D eigenvalue weighted by atomic mass is 9.88. The van der Waals surface area contributed by atoms with E-state index in [1.807, 2.05) is 23.8 Å². The number of rotatable bonds is 2. The second-order valence-corrected chi connectivity index (χ2v) is 4.38. The first kappa shape index (κ1) is 10.3. The van der Waals surface area contributed by atoms with Gasteiger partial charge in [-0.15, -0.1) is 0 Å². The average molecular weight is 222 g/mol. The highest BCUT2D eigenvalue weighted by atomic mass is 32.1. The van der Waals surface area contributed by atoms with Gasteiger partial charge in [0, 0.05) is 0 Å². The number of alkyl halides is 1. The van der Waals surface area contributed by atoms with Crippen LogP contribution in [0.3, 0.4) is 0 Å². The van der Waals surface area contributed by atoms with Crippen molar-refractivity contribution in [2.75, 3.05) is 0 Å². The molecule has 0 radical (unpaired) electrons. The van der Waals surface area contributed by atoms with Crippen molar-refractivity contribution in [3.8, 4) is 0 Å². The van der Waals surface area contributed by atoms with Crippen molar-refractivity contribution < 1.29 is 9.18 Å². The summed E-state index contributed by atoms with van der Waals surface area (Å²) in [7, 11) is 0. The van der Waals surface area contributed by atoms with Crippen LogP contribution in [0.2, 0.25) is 0 Å². The Labute approximate surface area is 91.9 Å². The van der Waals surface area contributed by atoms with Crippen molar-refractivity contribution in [2.45, 2.75) is 13.1 Å². The minimum Gasteiger partial charge on any atom is -0.303 e. The highest BCUT2D eigenvalue weighted by molar-refractivity contribution is 7.08. The lowest BCUT2D eigenvalue weighted by molar-refractivity contribution is -0.110. The number of carbonyl (C=O) groups excluding carboxylic acids is 1. The molecule has 2 atom stereocenters. The molecule has 0 saturated carbocycles. The summed E-state index contributed by atoms with van der Waals surface area (Å²) in [5.74, 6) is -0.618. The molecule has 0 aliphatic heterocycles. The quantitative estimate of drug-likeness (QED) is 0.702. The maximum atomic E-state index is 13.5. The molecule has 2 rings (SSSR count). The zero-order chi connectivity index (χ0) is 10.8. The van der Waals surface area contributed by atoms with E-state index in [4.69, 9.17) is 0 Å². The molecule has 1 nitrogen and oxygen atoms in total. The topological polar surface area (TPSA) is 17.1 Å². The molecule has 78 valence electrons. The van der Waals surface area contributed by atoms with Crippen LogP contribution in [-0.2, 0) is 4.79 Å². The molecule has 0 spiro atoms. The first-order chi connectivity index (χ1) is 7.22. The van der Waals surface area contributed by atoms with E-state index >= 15 is 0 Å². The van der Waals surface area contributed by atoms with Crippen molar-refractivity contribution in [3.63, 3.8) is 0 Å². The summed E-state index contributed by atoms with van der Waals surface area (Å²) in [6, 6.07) is 1.96. The highest BCUT2D eigenvalue weighted by Gasteiger charge is 2.23. The molecule has 0 aromatic carbocycles. The normalized spacial score (nSPS) is 25.7. The molecule has 0 fully saturated rings. The van der Waals surface area contributed by atoms with Crippen LogP contribution in [0.25, 0.3) is 5.57 Å². The standard InChI is InChI=1S/C12H11FOS/c1-8-4-10(6-14)12(13)5-11(8)9-2-3-15-7-9/h2-7,10,12H,1H3. The smallest absolute Gasteiger partial charge is 0.132 e. The summed E-state index contributed by atoms with van der Waals surface area (Å²) in [5.41, 5.74) is 2.90. The van der Waals surface area contributed by atoms with Crippen molar-refractivity contribution in [3.05, 3.63) is 40.1 Å². The van der Waals surface area contributed by atoms with Gasteiger partial charge in [-0.1, -0.05) is 6.08 Å². The van der Waals surface area contributed by atoms with Gasteiger partial charge < -0.3 is 4.79 Å². The van der Waals surface area contributed by atoms with Crippen molar-refractivity contribution in [2.24, 2.45) is 5.92 Å². The highest BCUT2D eigenvalue weighted by Crippen LogP contribution is 2.32. The number of thiophene rings is 1. The second kappa shape index (κ2) is 4.11. The molecule has 0 saturated heterocycles. The van der Waals surface area contributed by atoms with Gasteiger partial charge in [0.2, 0.25) is 0 Å². The first-order valence-corrected chi connectivity index (χ1v) is 5.69. The van der Waals surface area contributed by atoms with Crippen LogP contribution >= 0.6 is 11.3 Å². The van der Waals surface area contributed by atoms with Gasteiger partial charge in [0.1, 0.15) is 12.5 Å². The molecular formula is C12H11FOS. The predicted molar refractivity (Wildman–Crippen MR) is 60.5 cm³/mol. The third kappa shape index (κ3) is 1.92. The molecule has 1 aromatic rings. The average Bonchev–Trinajstić information content (AvgIpc) is 2.74. The fourth-order valence-electron chi connectivity index (χ4n) is 1.73. The van der Waals surface area contributed by atoms with Crippen LogP contribution in [0.5, 0.6) is 0 Å². The van der Waals surface area contributed by atoms with E-state index < -0.39 is 12.1 Å². The van der Waals surface area contributed by atoms with E-state index in [1.54, 1.807) is 17.4 Å². The van der Waals surface area contributed by atoms with Gasteiger partial charge in [-0.2, -0.15) is 11.3 Å². The van der Waals surface area contributed by atoms with Crippen LogP contribution in [0, 0.1) is 5.92 Å². The third-order valence-electron chi connectivity index (χ3n) is 2.55. The second-order valence-electron chi connectivity index (χ2n) is 3.60. The van der Waals surface area contributed by atoms with Crippen molar-refractivity contribution in [1.82, 2.24) is 0 Å². The van der Waals surface area contributed by atoms with Gasteiger partial charge in [-0.25, -0.2) is 4.39 Å². The zero-order valence-electron chi connectivity index (χ0n) is 8.31. The van der Waals surface area contributed by atoms with E-state index in [0.717, 1.165) is 16.7 Å². The van der Waals surface area contributed by atoms with Crippen LogP contribution < -0.4 is 0 Å². The molecule has 0 N–H and O–H groups in total. The Morgan fingerprint density at radius 1 is 1.47 bits per heavy atom. The summed E-state index contributed by atoms with van der Waals surface area (Å²) in [6.07, 6.45) is 2.71. The van der Waals surface area contributed by atoms with E-state index in [9.17, 15) is 9.18 Å². The van der Waals surface area contributed by atoms with E-state index in [2.05, 4.69) is 0 Å². The Kier molecular flexibility index (Phi) is 2.82. The Balaban J connectivity index is 2.36. The maximum absolute atomic E-state index is 13.5. The van der Waals surface area contributed by atoms with Crippen molar-refractivity contribution in [1.29, 1.82) is 0 Å². The number of hydrogen-bond donors (Lipinski definition) is 0. The van der Waals surface area contributed by atoms with Gasteiger partial charge in [0.15, 0.2) is 0 Å². The fourth-order valence-corrected chi connectivity index (χ4v) is 2.38. The van der Waals surface area contributed by atoms with Gasteiger partial charge in [-0.3, -0.25) is 0 Å². The lowest BCUT2D eigenvalue weighted by Crippen LogP contribution is -2.17. The zero-order valence-corrected chi connectivity index (χ0v) is 9.13. The van der Waals surface area contributed by atoms with Crippen LogP contribution in [0.1, 0.15) is 12.5 Å². The van der Waals surface area contributed by atoms with Crippen LogP contribution in [-0.4, -0.2) is 12.5 Å². The van der Waals surface area contributed by atoms with Gasteiger partial charge in [0.05, 0.1) is 5.92 Å². The largest absolute Gasteiger partial charge is 0.303 e. The Morgan fingerprint density at radius 3 is 2.87 bits per heavy atom. The van der Waals surface area contributed by atoms with Gasteiger partial charge in [0.25, 0.3) is 0 Å². The Hall–Kier alpha value is -1.22. The predicted octanol–water partition coefficient (Wildman–Crippen LogP) is 3.24. The minimum atomic E-state index is -1.19. The molecule has 1 aliphatic rings. The molecule has 15 heavy (non-hydrogen) atoms. The fraction of sp³-hybridized carbons (Fsp3) is 0.250. The van der Waals surface area contributed by atoms with Gasteiger partial charge in [-0.05, 0) is 46.5 Å². The lowest BCUT2D eigenvalue weighted by Gasteiger charge is -2.18. The SMILES string of the molecule is CC1=CC(C=O)C(F)C=C1c1ccsc1. The maximum Gasteiger partial charge on any atom is 0.132 e. The molecule has 1 heterocycles. The number of halogens is 1. The summed E-state index contributed by atoms with van der Waals surface area (Å²) in [4.78, 5) is 10.6. The van der Waals surface area contributed by atoms with Crippen LogP contribution in [0.4, 0.5) is 4.39 Å². The van der Waals surface area contributed by atoms with Crippen LogP contribution in [0.15, 0.2) is 34.6 Å². The number of aldehydes is 1. The molecule has 0 bridgehead atoms. The minimum absolute atomic E-state index is 0.618. The summed E-state index contributed by atoms with van der Waals surface area (Å²) in [5, 5.41) is 3.94. The third-order valence-corrected chi connectivity index (χ3v) is 3.23. The summed E-state index contributed by atoms with van der Waals surface area (Å²) < 4.78 is 13.5. The molecule has 2 unspecified atom stereocenters. The monoisotopic (exact) mass is 222 g/mol. The number of carbonyl (C=O) groups is 1.